The molecule has 1 fully saturated rings. The zero-order valence-electron chi connectivity index (χ0n) is 9.98. The van der Waals surface area contributed by atoms with Gasteiger partial charge in [0.2, 0.25) is 0 Å². The first-order valence-electron chi connectivity index (χ1n) is 6.13. The van der Waals surface area contributed by atoms with Gasteiger partial charge in [0, 0.05) is 12.3 Å². The largest absolute Gasteiger partial charge is 0.445 e. The lowest BCUT2D eigenvalue weighted by Crippen LogP contribution is -2.29. The van der Waals surface area contributed by atoms with Crippen LogP contribution in [0.4, 0.5) is 0 Å². The molecule has 0 unspecified atom stereocenters. The number of rotatable bonds is 4. The molecule has 2 heterocycles. The fraction of sp³-hybridized carbons (Fsp3) is 0.750. The second kappa shape index (κ2) is 5.46. The van der Waals surface area contributed by atoms with Gasteiger partial charge in [-0.05, 0) is 45.9 Å². The van der Waals surface area contributed by atoms with E-state index in [2.05, 4.69) is 16.9 Å². The third-order valence-electron chi connectivity index (χ3n) is 3.29. The molecule has 0 saturated carbocycles. The minimum atomic E-state index is 0.565. The van der Waals surface area contributed by atoms with Gasteiger partial charge in [0.05, 0.1) is 6.20 Å². The van der Waals surface area contributed by atoms with Crippen LogP contribution >= 0.6 is 0 Å². The molecular formula is C12H21N3O. The molecule has 4 heteroatoms. The third-order valence-corrected chi connectivity index (χ3v) is 3.29. The molecule has 1 aromatic rings. The average molecular weight is 223 g/mol. The Morgan fingerprint density at radius 1 is 1.50 bits per heavy atom. The Morgan fingerprint density at radius 2 is 2.25 bits per heavy atom. The van der Waals surface area contributed by atoms with Crippen LogP contribution in [0.5, 0.6) is 0 Å². The quantitative estimate of drug-likeness (QED) is 0.837. The van der Waals surface area contributed by atoms with Crippen LogP contribution < -0.4 is 5.73 Å². The molecule has 1 aliphatic rings. The van der Waals surface area contributed by atoms with E-state index in [-0.39, 0.29) is 0 Å². The van der Waals surface area contributed by atoms with Crippen molar-refractivity contribution in [1.29, 1.82) is 0 Å². The topological polar surface area (TPSA) is 55.3 Å². The molecule has 0 aliphatic carbocycles. The fourth-order valence-electron chi connectivity index (χ4n) is 2.18. The highest BCUT2D eigenvalue weighted by molar-refractivity contribution is 5.03. The summed E-state index contributed by atoms with van der Waals surface area (Å²) in [4.78, 5) is 6.68. The number of nitrogens with two attached hydrogens (primary N) is 1. The smallest absolute Gasteiger partial charge is 0.194 e. The summed E-state index contributed by atoms with van der Waals surface area (Å²) in [5.74, 6) is 2.48. The van der Waals surface area contributed by atoms with Gasteiger partial charge in [-0.15, -0.1) is 0 Å². The van der Waals surface area contributed by atoms with Gasteiger partial charge >= 0.3 is 0 Å². The van der Waals surface area contributed by atoms with Crippen molar-refractivity contribution in [2.24, 2.45) is 5.73 Å². The molecule has 0 atom stereocenters. The average Bonchev–Trinajstić information content (AvgIpc) is 2.76. The van der Waals surface area contributed by atoms with Crippen LogP contribution in [-0.4, -0.2) is 36.6 Å². The second-order valence-corrected chi connectivity index (χ2v) is 4.63. The Hall–Kier alpha value is -0.870. The van der Waals surface area contributed by atoms with Gasteiger partial charge < -0.3 is 15.1 Å². The summed E-state index contributed by atoms with van der Waals surface area (Å²) in [5.41, 5.74) is 5.47. The summed E-state index contributed by atoms with van der Waals surface area (Å²) in [7, 11) is 2.17. The maximum atomic E-state index is 5.78. The predicted molar refractivity (Wildman–Crippen MR) is 63.4 cm³/mol. The van der Waals surface area contributed by atoms with E-state index in [0.717, 1.165) is 37.6 Å². The Bertz CT molecular complexity index is 316. The van der Waals surface area contributed by atoms with Crippen LogP contribution in [0.25, 0.3) is 0 Å². The molecule has 16 heavy (non-hydrogen) atoms. The van der Waals surface area contributed by atoms with E-state index < -0.39 is 0 Å². The normalized spacial score (nSPS) is 19.1. The Balaban J connectivity index is 1.91. The third kappa shape index (κ3) is 2.83. The minimum Gasteiger partial charge on any atom is -0.445 e. The van der Waals surface area contributed by atoms with E-state index >= 15 is 0 Å². The van der Waals surface area contributed by atoms with Gasteiger partial charge in [-0.2, -0.15) is 0 Å². The van der Waals surface area contributed by atoms with Crippen molar-refractivity contribution >= 4 is 0 Å². The predicted octanol–water partition coefficient (Wildman–Crippen LogP) is 1.38. The van der Waals surface area contributed by atoms with Crippen molar-refractivity contribution in [1.82, 2.24) is 9.88 Å². The monoisotopic (exact) mass is 223 g/mol. The molecule has 1 aliphatic heterocycles. The fourth-order valence-corrected chi connectivity index (χ4v) is 2.18. The van der Waals surface area contributed by atoms with E-state index in [4.69, 9.17) is 10.2 Å². The van der Waals surface area contributed by atoms with Crippen molar-refractivity contribution in [2.45, 2.75) is 31.6 Å². The van der Waals surface area contributed by atoms with Crippen LogP contribution in [0, 0.1) is 0 Å². The first kappa shape index (κ1) is 11.6. The molecule has 4 nitrogen and oxygen atoms in total. The van der Waals surface area contributed by atoms with Crippen molar-refractivity contribution in [2.75, 3.05) is 26.7 Å². The van der Waals surface area contributed by atoms with Gasteiger partial charge in [-0.3, -0.25) is 0 Å². The number of hydrogen-bond donors (Lipinski definition) is 1. The first-order chi connectivity index (χ1) is 7.79. The molecule has 1 saturated heterocycles. The number of hydrogen-bond acceptors (Lipinski definition) is 4. The molecule has 0 amide bonds. The summed E-state index contributed by atoms with van der Waals surface area (Å²) in [6.45, 7) is 3.01. The molecular weight excluding hydrogens is 202 g/mol. The van der Waals surface area contributed by atoms with Crippen LogP contribution in [0.3, 0.4) is 0 Å². The maximum absolute atomic E-state index is 5.78. The number of likely N-dealkylation sites (tertiary alicyclic amines) is 1. The van der Waals surface area contributed by atoms with Crippen molar-refractivity contribution in [3.8, 4) is 0 Å². The molecule has 0 radical (unpaired) electrons. The Kier molecular flexibility index (Phi) is 3.96. The zero-order chi connectivity index (χ0) is 11.4. The van der Waals surface area contributed by atoms with Crippen molar-refractivity contribution < 1.29 is 4.42 Å². The van der Waals surface area contributed by atoms with Gasteiger partial charge in [0.1, 0.15) is 5.76 Å². The summed E-state index contributed by atoms with van der Waals surface area (Å²) >= 11 is 0. The molecule has 0 aromatic carbocycles. The van der Waals surface area contributed by atoms with Crippen molar-refractivity contribution in [3.05, 3.63) is 17.8 Å². The summed E-state index contributed by atoms with van der Waals surface area (Å²) < 4.78 is 5.78. The summed E-state index contributed by atoms with van der Waals surface area (Å²) in [5, 5.41) is 0. The number of aromatic nitrogens is 1. The Morgan fingerprint density at radius 3 is 2.94 bits per heavy atom. The highest BCUT2D eigenvalue weighted by Crippen LogP contribution is 2.27. The van der Waals surface area contributed by atoms with Crippen LogP contribution in [-0.2, 0) is 6.42 Å². The van der Waals surface area contributed by atoms with Gasteiger partial charge in [0.15, 0.2) is 5.89 Å². The van der Waals surface area contributed by atoms with Gasteiger partial charge in [-0.1, -0.05) is 0 Å². The van der Waals surface area contributed by atoms with E-state index in [1.54, 1.807) is 0 Å². The second-order valence-electron chi connectivity index (χ2n) is 4.63. The maximum Gasteiger partial charge on any atom is 0.194 e. The SMILES string of the molecule is CN1CCC(c2cnc(CCCN)o2)CC1. The van der Waals surface area contributed by atoms with Crippen LogP contribution in [0.2, 0.25) is 0 Å². The highest BCUT2D eigenvalue weighted by Gasteiger charge is 2.21. The summed E-state index contributed by atoms with van der Waals surface area (Å²) in [6.07, 6.45) is 6.09. The van der Waals surface area contributed by atoms with Crippen molar-refractivity contribution in [3.63, 3.8) is 0 Å². The lowest BCUT2D eigenvalue weighted by molar-refractivity contribution is 0.238. The molecule has 2 N–H and O–H groups in total. The van der Waals surface area contributed by atoms with E-state index in [0.29, 0.717) is 12.5 Å². The standard InChI is InChI=1S/C12H21N3O/c1-15-7-4-10(5-8-15)11-9-14-12(16-11)3-2-6-13/h9-10H,2-8,13H2,1H3. The minimum absolute atomic E-state index is 0.565. The zero-order valence-corrected chi connectivity index (χ0v) is 9.98. The van der Waals surface area contributed by atoms with E-state index in [1.165, 1.54) is 12.8 Å². The first-order valence-corrected chi connectivity index (χ1v) is 6.13. The number of piperidine rings is 1. The number of oxazole rings is 1. The van der Waals surface area contributed by atoms with Crippen LogP contribution in [0.15, 0.2) is 10.6 Å². The Labute approximate surface area is 96.8 Å². The summed E-state index contributed by atoms with van der Waals surface area (Å²) in [6, 6.07) is 0. The lowest BCUT2D eigenvalue weighted by Gasteiger charge is -2.27. The van der Waals surface area contributed by atoms with Gasteiger partial charge in [-0.25, -0.2) is 4.98 Å². The molecule has 0 bridgehead atoms. The highest BCUT2D eigenvalue weighted by atomic mass is 16.4. The number of aryl methyl sites for hydroxylation is 1. The van der Waals surface area contributed by atoms with E-state index in [9.17, 15) is 0 Å². The van der Waals surface area contributed by atoms with Crippen LogP contribution in [0.1, 0.15) is 36.8 Å². The number of nitrogens with zero attached hydrogens (tertiary/aromatic N) is 2. The lowest BCUT2D eigenvalue weighted by atomic mass is 9.95. The molecule has 0 spiro atoms. The molecule has 2 rings (SSSR count). The van der Waals surface area contributed by atoms with E-state index in [1.807, 2.05) is 6.20 Å². The molecule has 90 valence electrons. The molecule has 1 aromatic heterocycles. The van der Waals surface area contributed by atoms with Gasteiger partial charge in [0.25, 0.3) is 0 Å².